The predicted molar refractivity (Wildman–Crippen MR) is 66.3 cm³/mol. The van der Waals surface area contributed by atoms with Crippen LogP contribution in [-0.4, -0.2) is 14.5 Å². The van der Waals surface area contributed by atoms with Crippen molar-refractivity contribution in [1.29, 1.82) is 0 Å². The van der Waals surface area contributed by atoms with E-state index < -0.39 is 0 Å². The molecule has 0 atom stereocenters. The van der Waals surface area contributed by atoms with Gasteiger partial charge in [0, 0.05) is 0 Å². The molecule has 16 heavy (non-hydrogen) atoms. The van der Waals surface area contributed by atoms with Crippen LogP contribution in [0, 0.1) is 5.82 Å². The molecule has 0 fully saturated rings. The number of fused-ring (bicyclic) bond motifs is 1. The number of hydrogen-bond acceptors (Lipinski definition) is 0. The molecule has 0 aliphatic heterocycles. The normalized spacial score (nSPS) is 10.8. The molecule has 0 nitrogen and oxygen atoms in total. The summed E-state index contributed by atoms with van der Waals surface area (Å²) in [5.74, 6) is -0.174. The molecule has 1 aromatic heterocycles. The fraction of sp³-hybridized carbons (Fsp3) is 0. The van der Waals surface area contributed by atoms with E-state index in [9.17, 15) is 4.39 Å². The van der Waals surface area contributed by atoms with Crippen molar-refractivity contribution in [3.63, 3.8) is 0 Å². The van der Waals surface area contributed by atoms with E-state index >= 15 is 0 Å². The van der Waals surface area contributed by atoms with Crippen molar-refractivity contribution in [2.45, 2.75) is 0 Å². The maximum atomic E-state index is 12.8. The van der Waals surface area contributed by atoms with Crippen LogP contribution in [0.2, 0.25) is 0 Å². The van der Waals surface area contributed by atoms with Crippen LogP contribution < -0.4 is 0 Å². The van der Waals surface area contributed by atoms with Crippen LogP contribution in [0.15, 0.2) is 54.6 Å². The number of halogens is 1. The van der Waals surface area contributed by atoms with E-state index in [2.05, 4.69) is 30.3 Å². The van der Waals surface area contributed by atoms with Gasteiger partial charge in [-0.15, -0.1) is 0 Å². The Balaban J connectivity index is 2.15. The molecule has 0 saturated heterocycles. The molecule has 0 spiro atoms. The summed E-state index contributed by atoms with van der Waals surface area (Å²) in [5, 5.41) is 1.31. The van der Waals surface area contributed by atoms with Gasteiger partial charge in [0.2, 0.25) is 0 Å². The van der Waals surface area contributed by atoms with Crippen LogP contribution in [0.4, 0.5) is 4.39 Å². The van der Waals surface area contributed by atoms with E-state index in [0.29, 0.717) is 14.5 Å². The molecule has 0 radical (unpaired) electrons. The summed E-state index contributed by atoms with van der Waals surface area (Å²) in [6.45, 7) is 0. The molecular formula is C14H9FSe. The van der Waals surface area contributed by atoms with Crippen LogP contribution in [-0.2, 0) is 0 Å². The summed E-state index contributed by atoms with van der Waals surface area (Å²) >= 11 is 0.356. The van der Waals surface area contributed by atoms with Gasteiger partial charge in [-0.2, -0.15) is 0 Å². The molecule has 3 aromatic rings. The van der Waals surface area contributed by atoms with Gasteiger partial charge in [-0.1, -0.05) is 0 Å². The van der Waals surface area contributed by atoms with Gasteiger partial charge in [-0.25, -0.2) is 0 Å². The topological polar surface area (TPSA) is 0 Å². The molecule has 0 bridgehead atoms. The van der Waals surface area contributed by atoms with Gasteiger partial charge in [0.1, 0.15) is 0 Å². The zero-order chi connectivity index (χ0) is 11.0. The first-order valence-corrected chi connectivity index (χ1v) is 6.79. The van der Waals surface area contributed by atoms with Gasteiger partial charge in [-0.3, -0.25) is 0 Å². The van der Waals surface area contributed by atoms with Gasteiger partial charge in [-0.05, 0) is 0 Å². The van der Waals surface area contributed by atoms with Crippen molar-refractivity contribution in [2.24, 2.45) is 0 Å². The third kappa shape index (κ3) is 1.71. The molecule has 1 heterocycles. The molecular weight excluding hydrogens is 266 g/mol. The Hall–Kier alpha value is -1.37. The average Bonchev–Trinajstić information content (AvgIpc) is 2.73. The predicted octanol–water partition coefficient (Wildman–Crippen LogP) is 3.70. The molecule has 0 N–H and O–H groups in total. The summed E-state index contributed by atoms with van der Waals surface area (Å²) in [5.41, 5.74) is 1.14. The summed E-state index contributed by atoms with van der Waals surface area (Å²) in [7, 11) is 0. The standard InChI is InChI=1S/C14H9FSe/c15-12-7-5-10(6-8-12)14-9-11-3-1-2-4-13(11)16-14/h1-9H. The number of rotatable bonds is 1. The monoisotopic (exact) mass is 276 g/mol. The molecule has 0 saturated carbocycles. The molecule has 2 aromatic carbocycles. The Bertz CT molecular complexity index is 590. The van der Waals surface area contributed by atoms with Crippen LogP contribution in [0.1, 0.15) is 0 Å². The van der Waals surface area contributed by atoms with Crippen molar-refractivity contribution in [3.8, 4) is 10.0 Å². The molecule has 78 valence electrons. The first kappa shape index (κ1) is 9.83. The van der Waals surface area contributed by atoms with E-state index in [1.165, 1.54) is 26.2 Å². The second-order valence-corrected chi connectivity index (χ2v) is 5.93. The minimum absolute atomic E-state index is 0.174. The SMILES string of the molecule is Fc1ccc(-c2cc3ccccc3[se]2)cc1. The van der Waals surface area contributed by atoms with Crippen molar-refractivity contribution in [3.05, 3.63) is 60.4 Å². The maximum absolute atomic E-state index is 12.8. The first-order valence-electron chi connectivity index (χ1n) is 5.07. The summed E-state index contributed by atoms with van der Waals surface area (Å²) < 4.78 is 15.6. The fourth-order valence-electron chi connectivity index (χ4n) is 1.74. The van der Waals surface area contributed by atoms with Crippen molar-refractivity contribution in [2.75, 3.05) is 0 Å². The number of hydrogen-bond donors (Lipinski definition) is 0. The Labute approximate surface area is 99.1 Å². The van der Waals surface area contributed by atoms with Crippen LogP contribution in [0.5, 0.6) is 0 Å². The summed E-state index contributed by atoms with van der Waals surface area (Å²) in [4.78, 5) is 0. The Kier molecular flexibility index (Phi) is 2.39. The van der Waals surface area contributed by atoms with Crippen molar-refractivity contribution >= 4 is 24.1 Å². The zero-order valence-corrected chi connectivity index (χ0v) is 10.2. The quantitative estimate of drug-likeness (QED) is 0.594. The Morgan fingerprint density at radius 2 is 1.62 bits per heavy atom. The van der Waals surface area contributed by atoms with Crippen molar-refractivity contribution in [1.82, 2.24) is 0 Å². The summed E-state index contributed by atoms with van der Waals surface area (Å²) in [6.07, 6.45) is 0. The van der Waals surface area contributed by atoms with Gasteiger partial charge in [0.25, 0.3) is 0 Å². The van der Waals surface area contributed by atoms with Gasteiger partial charge in [0.05, 0.1) is 0 Å². The first-order chi connectivity index (χ1) is 7.83. The second-order valence-electron chi connectivity index (χ2n) is 3.66. The van der Waals surface area contributed by atoms with Gasteiger partial charge < -0.3 is 0 Å². The molecule has 0 amide bonds. The third-order valence-electron chi connectivity index (χ3n) is 2.55. The molecule has 0 aliphatic carbocycles. The summed E-state index contributed by atoms with van der Waals surface area (Å²) in [6, 6.07) is 17.4. The fourth-order valence-corrected chi connectivity index (χ4v) is 3.98. The Morgan fingerprint density at radius 3 is 2.38 bits per heavy atom. The number of benzene rings is 2. The van der Waals surface area contributed by atoms with Crippen LogP contribution >= 0.6 is 0 Å². The average molecular weight is 275 g/mol. The van der Waals surface area contributed by atoms with Gasteiger partial charge in [0.15, 0.2) is 0 Å². The molecule has 0 aliphatic rings. The van der Waals surface area contributed by atoms with Crippen LogP contribution in [0.25, 0.3) is 19.6 Å². The van der Waals surface area contributed by atoms with Crippen LogP contribution in [0.3, 0.4) is 0 Å². The van der Waals surface area contributed by atoms with E-state index in [-0.39, 0.29) is 5.82 Å². The minimum atomic E-state index is -0.174. The van der Waals surface area contributed by atoms with E-state index in [1.807, 2.05) is 12.1 Å². The molecule has 2 heteroatoms. The molecule has 0 unspecified atom stereocenters. The van der Waals surface area contributed by atoms with E-state index in [4.69, 9.17) is 0 Å². The van der Waals surface area contributed by atoms with E-state index in [1.54, 1.807) is 0 Å². The third-order valence-corrected chi connectivity index (χ3v) is 5.00. The second kappa shape index (κ2) is 3.89. The van der Waals surface area contributed by atoms with E-state index in [0.717, 1.165) is 5.56 Å². The van der Waals surface area contributed by atoms with Crippen molar-refractivity contribution < 1.29 is 4.39 Å². The zero-order valence-electron chi connectivity index (χ0n) is 8.48. The van der Waals surface area contributed by atoms with Gasteiger partial charge >= 0.3 is 99.0 Å². The molecule has 3 rings (SSSR count). The Morgan fingerprint density at radius 1 is 0.875 bits per heavy atom.